The van der Waals surface area contributed by atoms with E-state index in [1.807, 2.05) is 6.07 Å². The molecule has 4 atom stereocenters. The van der Waals surface area contributed by atoms with Crippen LogP contribution in [0, 0.1) is 5.92 Å². The average Bonchev–Trinajstić information content (AvgIpc) is 2.99. The molecule has 1 saturated heterocycles. The lowest BCUT2D eigenvalue weighted by Crippen LogP contribution is -2.25. The second-order valence-electron chi connectivity index (χ2n) is 6.10. The van der Waals surface area contributed by atoms with Crippen LogP contribution in [0.1, 0.15) is 57.4 Å². The average molecular weight is 276 g/mol. The van der Waals surface area contributed by atoms with Gasteiger partial charge in [0, 0.05) is 12.5 Å². The highest BCUT2D eigenvalue weighted by molar-refractivity contribution is 5.21. The van der Waals surface area contributed by atoms with Crippen LogP contribution in [0.4, 0.5) is 0 Å². The molecule has 0 aromatic heterocycles. The molecule has 0 saturated carbocycles. The molecular weight excluding hydrogens is 248 g/mol. The van der Waals surface area contributed by atoms with Crippen LogP contribution >= 0.6 is 0 Å². The van der Waals surface area contributed by atoms with Gasteiger partial charge in [-0.1, -0.05) is 50.6 Å². The van der Waals surface area contributed by atoms with E-state index in [0.29, 0.717) is 12.0 Å². The number of rotatable bonds is 7. The summed E-state index contributed by atoms with van der Waals surface area (Å²) in [6.45, 7) is 5.34. The van der Waals surface area contributed by atoms with Crippen molar-refractivity contribution in [2.24, 2.45) is 5.92 Å². The van der Waals surface area contributed by atoms with Crippen molar-refractivity contribution in [2.45, 2.75) is 64.1 Å². The van der Waals surface area contributed by atoms with Crippen molar-refractivity contribution < 1.29 is 9.84 Å². The maximum absolute atomic E-state index is 10.7. The fraction of sp³-hybridized carbons (Fsp3) is 0.667. The third-order valence-electron chi connectivity index (χ3n) is 4.66. The molecule has 0 bridgehead atoms. The van der Waals surface area contributed by atoms with E-state index in [1.54, 1.807) is 0 Å². The van der Waals surface area contributed by atoms with Crippen LogP contribution in [-0.4, -0.2) is 23.9 Å². The Kier molecular flexibility index (Phi) is 6.06. The molecule has 2 nitrogen and oxygen atoms in total. The standard InChI is InChI=1S/C18H28O2/c1-3-14(2)18(15-8-5-4-6-9-15)17(19)12-11-16-10-7-13-20-16/h4-6,8-9,14,16-19H,3,7,10-13H2,1-2H3. The van der Waals surface area contributed by atoms with Crippen LogP contribution < -0.4 is 0 Å². The molecule has 1 N–H and O–H groups in total. The summed E-state index contributed by atoms with van der Waals surface area (Å²) in [7, 11) is 0. The number of ether oxygens (including phenoxy) is 1. The predicted molar refractivity (Wildman–Crippen MR) is 82.9 cm³/mol. The van der Waals surface area contributed by atoms with E-state index < -0.39 is 0 Å². The van der Waals surface area contributed by atoms with Gasteiger partial charge >= 0.3 is 0 Å². The van der Waals surface area contributed by atoms with Gasteiger partial charge in [-0.25, -0.2) is 0 Å². The second kappa shape index (κ2) is 7.80. The lowest BCUT2D eigenvalue weighted by molar-refractivity contribution is 0.0640. The van der Waals surface area contributed by atoms with E-state index >= 15 is 0 Å². The first-order valence-electron chi connectivity index (χ1n) is 8.07. The Labute approximate surface area is 123 Å². The number of aliphatic hydroxyl groups is 1. The lowest BCUT2D eigenvalue weighted by Gasteiger charge is -2.29. The molecule has 0 spiro atoms. The minimum Gasteiger partial charge on any atom is -0.392 e. The van der Waals surface area contributed by atoms with E-state index in [1.165, 1.54) is 12.0 Å². The highest BCUT2D eigenvalue weighted by atomic mass is 16.5. The van der Waals surface area contributed by atoms with Gasteiger partial charge in [-0.2, -0.15) is 0 Å². The highest BCUT2D eigenvalue weighted by Gasteiger charge is 2.27. The topological polar surface area (TPSA) is 29.5 Å². The van der Waals surface area contributed by atoms with E-state index in [-0.39, 0.29) is 12.0 Å². The van der Waals surface area contributed by atoms with Crippen molar-refractivity contribution in [3.8, 4) is 0 Å². The third-order valence-corrected chi connectivity index (χ3v) is 4.66. The summed E-state index contributed by atoms with van der Waals surface area (Å²) in [5.41, 5.74) is 1.27. The van der Waals surface area contributed by atoms with E-state index in [9.17, 15) is 5.11 Å². The fourth-order valence-electron chi connectivity index (χ4n) is 3.27. The maximum Gasteiger partial charge on any atom is 0.0612 e. The van der Waals surface area contributed by atoms with Gasteiger partial charge in [-0.3, -0.25) is 0 Å². The van der Waals surface area contributed by atoms with Crippen LogP contribution in [0.2, 0.25) is 0 Å². The molecule has 1 fully saturated rings. The van der Waals surface area contributed by atoms with Crippen molar-refractivity contribution in [1.29, 1.82) is 0 Å². The van der Waals surface area contributed by atoms with Gasteiger partial charge in [0.25, 0.3) is 0 Å². The Morgan fingerprint density at radius 2 is 2.05 bits per heavy atom. The zero-order valence-corrected chi connectivity index (χ0v) is 12.8. The second-order valence-corrected chi connectivity index (χ2v) is 6.10. The quantitative estimate of drug-likeness (QED) is 0.811. The zero-order valence-electron chi connectivity index (χ0n) is 12.8. The number of aliphatic hydroxyl groups excluding tert-OH is 1. The molecule has 2 rings (SSSR count). The van der Waals surface area contributed by atoms with Crippen molar-refractivity contribution >= 4 is 0 Å². The molecule has 1 heterocycles. The molecule has 0 amide bonds. The Morgan fingerprint density at radius 3 is 2.65 bits per heavy atom. The Hall–Kier alpha value is -0.860. The molecule has 4 unspecified atom stereocenters. The maximum atomic E-state index is 10.7. The van der Waals surface area contributed by atoms with Crippen molar-refractivity contribution in [3.05, 3.63) is 35.9 Å². The van der Waals surface area contributed by atoms with Gasteiger partial charge in [-0.15, -0.1) is 0 Å². The molecule has 20 heavy (non-hydrogen) atoms. The zero-order chi connectivity index (χ0) is 14.4. The Bertz CT molecular complexity index is 370. The summed E-state index contributed by atoms with van der Waals surface area (Å²) in [6.07, 6.45) is 5.36. The molecule has 112 valence electrons. The smallest absolute Gasteiger partial charge is 0.0612 e. The number of hydrogen-bond donors (Lipinski definition) is 1. The largest absolute Gasteiger partial charge is 0.392 e. The van der Waals surface area contributed by atoms with Gasteiger partial charge in [0.05, 0.1) is 12.2 Å². The van der Waals surface area contributed by atoms with Gasteiger partial charge in [0.2, 0.25) is 0 Å². The summed E-state index contributed by atoms with van der Waals surface area (Å²) >= 11 is 0. The first-order chi connectivity index (χ1) is 9.72. The normalized spacial score (nSPS) is 23.4. The van der Waals surface area contributed by atoms with Crippen molar-refractivity contribution in [3.63, 3.8) is 0 Å². The summed E-state index contributed by atoms with van der Waals surface area (Å²) in [4.78, 5) is 0. The lowest BCUT2D eigenvalue weighted by atomic mass is 9.80. The van der Waals surface area contributed by atoms with Crippen LogP contribution in [-0.2, 0) is 4.74 Å². The minimum absolute atomic E-state index is 0.239. The summed E-state index contributed by atoms with van der Waals surface area (Å²) in [5, 5.41) is 10.7. The molecular formula is C18H28O2. The van der Waals surface area contributed by atoms with E-state index in [4.69, 9.17) is 4.74 Å². The van der Waals surface area contributed by atoms with Crippen molar-refractivity contribution in [2.75, 3.05) is 6.61 Å². The van der Waals surface area contributed by atoms with Gasteiger partial charge in [0.15, 0.2) is 0 Å². The summed E-state index contributed by atoms with van der Waals surface area (Å²) < 4.78 is 5.66. The number of benzene rings is 1. The fourth-order valence-corrected chi connectivity index (χ4v) is 3.27. The van der Waals surface area contributed by atoms with Crippen LogP contribution in [0.5, 0.6) is 0 Å². The molecule has 1 aromatic carbocycles. The predicted octanol–water partition coefficient (Wildman–Crippen LogP) is 4.14. The van der Waals surface area contributed by atoms with E-state index in [2.05, 4.69) is 38.1 Å². The summed E-state index contributed by atoms with van der Waals surface area (Å²) in [6, 6.07) is 10.5. The Morgan fingerprint density at radius 1 is 1.30 bits per heavy atom. The highest BCUT2D eigenvalue weighted by Crippen LogP contribution is 2.33. The SMILES string of the molecule is CCC(C)C(c1ccccc1)C(O)CCC1CCCO1. The minimum atomic E-state index is -0.267. The van der Waals surface area contributed by atoms with Gasteiger partial charge in [0.1, 0.15) is 0 Å². The van der Waals surface area contributed by atoms with Crippen LogP contribution in [0.15, 0.2) is 30.3 Å². The third kappa shape index (κ3) is 4.07. The molecule has 1 aliphatic rings. The molecule has 1 aromatic rings. The first-order valence-corrected chi connectivity index (χ1v) is 8.07. The van der Waals surface area contributed by atoms with Gasteiger partial charge < -0.3 is 9.84 Å². The van der Waals surface area contributed by atoms with Crippen molar-refractivity contribution in [1.82, 2.24) is 0 Å². The first kappa shape index (κ1) is 15.5. The molecule has 0 radical (unpaired) electrons. The Balaban J connectivity index is 1.98. The monoisotopic (exact) mass is 276 g/mol. The van der Waals surface area contributed by atoms with Crippen LogP contribution in [0.3, 0.4) is 0 Å². The van der Waals surface area contributed by atoms with Crippen LogP contribution in [0.25, 0.3) is 0 Å². The molecule has 1 aliphatic heterocycles. The summed E-state index contributed by atoms with van der Waals surface area (Å²) in [5.74, 6) is 0.736. The molecule has 2 heteroatoms. The molecule has 0 aliphatic carbocycles. The number of hydrogen-bond acceptors (Lipinski definition) is 2. The van der Waals surface area contributed by atoms with E-state index in [0.717, 1.165) is 32.3 Å². The van der Waals surface area contributed by atoms with Gasteiger partial charge in [-0.05, 0) is 37.2 Å².